The third kappa shape index (κ3) is 4.35. The van der Waals surface area contributed by atoms with Crippen LogP contribution in [0.2, 0.25) is 0 Å². The summed E-state index contributed by atoms with van der Waals surface area (Å²) < 4.78 is 10.6. The molecular formula is C22H22N4O5S. The molecule has 3 amide bonds. The number of hydrogen-bond donors (Lipinski definition) is 1. The summed E-state index contributed by atoms with van der Waals surface area (Å²) in [5.74, 6) is -0.263. The third-order valence-corrected chi connectivity index (χ3v) is 5.44. The van der Waals surface area contributed by atoms with Crippen LogP contribution in [-0.2, 0) is 9.59 Å². The van der Waals surface area contributed by atoms with Gasteiger partial charge in [-0.25, -0.2) is 0 Å². The molecule has 2 fully saturated rings. The zero-order valence-corrected chi connectivity index (χ0v) is 18.3. The van der Waals surface area contributed by atoms with Gasteiger partial charge in [0.1, 0.15) is 11.3 Å². The van der Waals surface area contributed by atoms with Crippen molar-refractivity contribution in [1.82, 2.24) is 15.1 Å². The molecule has 2 aliphatic heterocycles. The standard InChI is InChI=1S/C22H22N4O5S/c1-2-30-16-7-5-15(6-8-16)26-20(28)17(19(27)23-22(26)32)14-24-9-11-25(12-10-24)21(29)18-4-3-13-31-18/h3-8,13-14H,2,9-12H2,1H3,(H,23,27,32)/b17-14+. The van der Waals surface area contributed by atoms with E-state index in [9.17, 15) is 14.4 Å². The molecule has 3 heterocycles. The lowest BCUT2D eigenvalue weighted by Crippen LogP contribution is -2.55. The summed E-state index contributed by atoms with van der Waals surface area (Å²) in [6.45, 7) is 4.26. The van der Waals surface area contributed by atoms with E-state index in [-0.39, 0.29) is 22.4 Å². The molecule has 0 saturated carbocycles. The quantitative estimate of drug-likeness (QED) is 0.418. The maximum Gasteiger partial charge on any atom is 0.289 e. The van der Waals surface area contributed by atoms with E-state index in [1.807, 2.05) is 11.8 Å². The summed E-state index contributed by atoms with van der Waals surface area (Å²) in [4.78, 5) is 42.9. The summed E-state index contributed by atoms with van der Waals surface area (Å²) >= 11 is 5.24. The second-order valence-electron chi connectivity index (χ2n) is 7.17. The van der Waals surface area contributed by atoms with Crippen molar-refractivity contribution in [2.45, 2.75) is 6.92 Å². The largest absolute Gasteiger partial charge is 0.494 e. The number of thiocarbonyl (C=S) groups is 1. The highest BCUT2D eigenvalue weighted by Crippen LogP contribution is 2.24. The van der Waals surface area contributed by atoms with E-state index in [1.54, 1.807) is 41.3 Å². The number of rotatable bonds is 5. The summed E-state index contributed by atoms with van der Waals surface area (Å²) in [6, 6.07) is 10.2. The van der Waals surface area contributed by atoms with E-state index in [0.717, 1.165) is 0 Å². The van der Waals surface area contributed by atoms with Crippen LogP contribution in [-0.4, -0.2) is 65.4 Å². The lowest BCUT2D eigenvalue weighted by atomic mass is 10.1. The number of nitrogens with one attached hydrogen (secondary N) is 1. The number of carbonyl (C=O) groups is 3. The predicted octanol–water partition coefficient (Wildman–Crippen LogP) is 1.77. The van der Waals surface area contributed by atoms with Crippen LogP contribution in [0.4, 0.5) is 5.69 Å². The van der Waals surface area contributed by atoms with Crippen LogP contribution in [0, 0.1) is 0 Å². The first kappa shape index (κ1) is 21.6. The Morgan fingerprint density at radius 1 is 1.16 bits per heavy atom. The van der Waals surface area contributed by atoms with Crippen molar-refractivity contribution in [1.29, 1.82) is 0 Å². The van der Waals surface area contributed by atoms with Crippen molar-refractivity contribution in [2.75, 3.05) is 37.7 Å². The van der Waals surface area contributed by atoms with Crippen LogP contribution < -0.4 is 15.0 Å². The van der Waals surface area contributed by atoms with Crippen LogP contribution in [0.25, 0.3) is 0 Å². The highest BCUT2D eigenvalue weighted by atomic mass is 32.1. The SMILES string of the molecule is CCOc1ccc(N2C(=O)/C(=C/N3CCN(C(=O)c4ccco4)CC3)C(=O)NC2=S)cc1. The van der Waals surface area contributed by atoms with Gasteiger partial charge in [0.15, 0.2) is 10.9 Å². The number of ether oxygens (including phenoxy) is 1. The van der Waals surface area contributed by atoms with Crippen LogP contribution in [0.1, 0.15) is 17.5 Å². The third-order valence-electron chi connectivity index (χ3n) is 5.15. The molecule has 1 aromatic heterocycles. The number of nitrogens with zero attached hydrogens (tertiary/aromatic N) is 3. The lowest BCUT2D eigenvalue weighted by Gasteiger charge is -2.35. The Hall–Kier alpha value is -3.66. The predicted molar refractivity (Wildman–Crippen MR) is 120 cm³/mol. The van der Waals surface area contributed by atoms with Gasteiger partial charge in [0.05, 0.1) is 18.6 Å². The average Bonchev–Trinajstić information content (AvgIpc) is 3.33. The van der Waals surface area contributed by atoms with E-state index in [4.69, 9.17) is 21.4 Å². The van der Waals surface area contributed by atoms with Gasteiger partial charge >= 0.3 is 0 Å². The van der Waals surface area contributed by atoms with Gasteiger partial charge in [0.2, 0.25) is 0 Å². The second-order valence-corrected chi connectivity index (χ2v) is 7.56. The summed E-state index contributed by atoms with van der Waals surface area (Å²) in [5, 5.41) is 2.60. The first-order valence-electron chi connectivity index (χ1n) is 10.2. The van der Waals surface area contributed by atoms with Crippen molar-refractivity contribution in [3.63, 3.8) is 0 Å². The zero-order chi connectivity index (χ0) is 22.7. The molecule has 166 valence electrons. The fourth-order valence-corrected chi connectivity index (χ4v) is 3.81. The molecule has 10 heteroatoms. The molecule has 4 rings (SSSR count). The van der Waals surface area contributed by atoms with Crippen molar-refractivity contribution >= 4 is 40.7 Å². The van der Waals surface area contributed by atoms with Gasteiger partial charge in [-0.3, -0.25) is 24.6 Å². The minimum Gasteiger partial charge on any atom is -0.494 e. The van der Waals surface area contributed by atoms with Gasteiger partial charge < -0.3 is 19.0 Å². The van der Waals surface area contributed by atoms with Crippen LogP contribution in [0.3, 0.4) is 0 Å². The van der Waals surface area contributed by atoms with E-state index in [1.165, 1.54) is 17.4 Å². The van der Waals surface area contributed by atoms with E-state index >= 15 is 0 Å². The highest BCUT2D eigenvalue weighted by Gasteiger charge is 2.35. The van der Waals surface area contributed by atoms with Crippen molar-refractivity contribution in [3.05, 3.63) is 60.2 Å². The maximum atomic E-state index is 13.1. The van der Waals surface area contributed by atoms with E-state index in [0.29, 0.717) is 44.2 Å². The average molecular weight is 455 g/mol. The van der Waals surface area contributed by atoms with Crippen molar-refractivity contribution in [2.24, 2.45) is 0 Å². The fraction of sp³-hybridized carbons (Fsp3) is 0.273. The van der Waals surface area contributed by atoms with Gasteiger partial charge in [-0.1, -0.05) is 0 Å². The number of benzene rings is 1. The Morgan fingerprint density at radius 3 is 2.50 bits per heavy atom. The number of anilines is 1. The molecule has 0 unspecified atom stereocenters. The molecular weight excluding hydrogens is 432 g/mol. The van der Waals surface area contributed by atoms with Gasteiger partial charge in [0, 0.05) is 32.4 Å². The molecule has 0 atom stereocenters. The Labute approximate surface area is 190 Å². The maximum absolute atomic E-state index is 13.1. The molecule has 9 nitrogen and oxygen atoms in total. The van der Waals surface area contributed by atoms with Gasteiger partial charge in [-0.15, -0.1) is 0 Å². The molecule has 2 saturated heterocycles. The smallest absolute Gasteiger partial charge is 0.289 e. The molecule has 2 aromatic rings. The van der Waals surface area contributed by atoms with E-state index < -0.39 is 11.8 Å². The first-order valence-corrected chi connectivity index (χ1v) is 10.6. The topological polar surface area (TPSA) is 95.3 Å². The Balaban J connectivity index is 1.46. The minimum atomic E-state index is -0.545. The normalized spacial score (nSPS) is 18.2. The number of piperazine rings is 1. The number of furan rings is 1. The number of carbonyl (C=O) groups excluding carboxylic acids is 3. The fourth-order valence-electron chi connectivity index (χ4n) is 3.53. The number of amides is 3. The number of hydrogen-bond acceptors (Lipinski definition) is 7. The zero-order valence-electron chi connectivity index (χ0n) is 17.4. The summed E-state index contributed by atoms with van der Waals surface area (Å²) in [6.07, 6.45) is 3.00. The van der Waals surface area contributed by atoms with Gasteiger partial charge in [0.25, 0.3) is 17.7 Å². The first-order chi connectivity index (χ1) is 15.5. The van der Waals surface area contributed by atoms with Gasteiger partial charge in [-0.05, 0) is 55.5 Å². The monoisotopic (exact) mass is 454 g/mol. The Morgan fingerprint density at radius 2 is 1.88 bits per heavy atom. The molecule has 0 bridgehead atoms. The summed E-state index contributed by atoms with van der Waals surface area (Å²) in [7, 11) is 0. The molecule has 2 aliphatic rings. The highest BCUT2D eigenvalue weighted by molar-refractivity contribution is 7.80. The summed E-state index contributed by atoms with van der Waals surface area (Å²) in [5.41, 5.74) is 0.515. The molecule has 1 N–H and O–H groups in total. The molecule has 1 aromatic carbocycles. The molecule has 0 spiro atoms. The lowest BCUT2D eigenvalue weighted by molar-refractivity contribution is -0.122. The Bertz CT molecular complexity index is 1060. The van der Waals surface area contributed by atoms with Crippen LogP contribution in [0.5, 0.6) is 5.75 Å². The van der Waals surface area contributed by atoms with Gasteiger partial charge in [-0.2, -0.15) is 0 Å². The molecule has 32 heavy (non-hydrogen) atoms. The molecule has 0 aliphatic carbocycles. The minimum absolute atomic E-state index is 0.0155. The Kier molecular flexibility index (Phi) is 6.22. The van der Waals surface area contributed by atoms with E-state index in [2.05, 4.69) is 5.32 Å². The van der Waals surface area contributed by atoms with Crippen LogP contribution in [0.15, 0.2) is 58.9 Å². The van der Waals surface area contributed by atoms with Crippen molar-refractivity contribution in [3.8, 4) is 5.75 Å². The molecule has 0 radical (unpaired) electrons. The van der Waals surface area contributed by atoms with Crippen LogP contribution >= 0.6 is 12.2 Å². The van der Waals surface area contributed by atoms with Crippen molar-refractivity contribution < 1.29 is 23.5 Å². The second kappa shape index (κ2) is 9.23.